The largest absolute Gasteiger partial charge is 0.310 e. The Labute approximate surface area is 125 Å². The molecule has 1 aliphatic carbocycles. The van der Waals surface area contributed by atoms with E-state index in [1.54, 1.807) is 18.2 Å². The van der Waals surface area contributed by atoms with Crippen molar-refractivity contribution in [2.45, 2.75) is 25.4 Å². The Balaban J connectivity index is 1.92. The van der Waals surface area contributed by atoms with Crippen LogP contribution in [0, 0.1) is 17.5 Å². The van der Waals surface area contributed by atoms with Crippen molar-refractivity contribution in [3.05, 3.63) is 58.4 Å². The van der Waals surface area contributed by atoms with Gasteiger partial charge < -0.3 is 5.32 Å². The van der Waals surface area contributed by atoms with Crippen molar-refractivity contribution < 1.29 is 13.2 Å². The first-order valence-electron chi connectivity index (χ1n) is 6.71. The molecule has 1 nitrogen and oxygen atoms in total. The number of hydrogen-bond donors (Lipinski definition) is 1. The molecule has 0 aromatic heterocycles. The highest BCUT2D eigenvalue weighted by Gasteiger charge is 2.20. The summed E-state index contributed by atoms with van der Waals surface area (Å²) >= 11 is 6.13. The third-order valence-corrected chi connectivity index (χ3v) is 3.89. The van der Waals surface area contributed by atoms with Crippen LogP contribution in [0.5, 0.6) is 0 Å². The van der Waals surface area contributed by atoms with Crippen LogP contribution in [-0.2, 0) is 6.54 Å². The van der Waals surface area contributed by atoms with E-state index in [0.717, 1.165) is 30.5 Å². The van der Waals surface area contributed by atoms with Gasteiger partial charge in [-0.3, -0.25) is 0 Å². The van der Waals surface area contributed by atoms with Crippen LogP contribution in [0.25, 0.3) is 11.1 Å². The fourth-order valence-electron chi connectivity index (χ4n) is 2.15. The quantitative estimate of drug-likeness (QED) is 0.809. The Hall–Kier alpha value is -1.52. The molecule has 21 heavy (non-hydrogen) atoms. The maximum absolute atomic E-state index is 13.3. The topological polar surface area (TPSA) is 12.0 Å². The van der Waals surface area contributed by atoms with Crippen molar-refractivity contribution in [3.8, 4) is 11.1 Å². The van der Waals surface area contributed by atoms with E-state index in [-0.39, 0.29) is 5.56 Å². The first-order chi connectivity index (χ1) is 10.0. The third kappa shape index (κ3) is 3.22. The summed E-state index contributed by atoms with van der Waals surface area (Å²) in [5.41, 5.74) is 1.74. The Kier molecular flexibility index (Phi) is 3.91. The molecule has 1 aliphatic rings. The van der Waals surface area contributed by atoms with Gasteiger partial charge in [-0.25, -0.2) is 13.2 Å². The van der Waals surface area contributed by atoms with Gasteiger partial charge in [0.1, 0.15) is 0 Å². The molecule has 5 heteroatoms. The summed E-state index contributed by atoms with van der Waals surface area (Å²) < 4.78 is 39.6. The van der Waals surface area contributed by atoms with E-state index in [1.807, 2.05) is 0 Å². The maximum Gasteiger partial charge on any atom is 0.194 e. The van der Waals surface area contributed by atoms with Gasteiger partial charge in [0, 0.05) is 17.6 Å². The smallest absolute Gasteiger partial charge is 0.194 e. The van der Waals surface area contributed by atoms with Crippen LogP contribution < -0.4 is 5.32 Å². The van der Waals surface area contributed by atoms with Crippen molar-refractivity contribution in [1.82, 2.24) is 5.32 Å². The molecule has 0 atom stereocenters. The molecule has 0 amide bonds. The van der Waals surface area contributed by atoms with Gasteiger partial charge in [0.15, 0.2) is 17.5 Å². The van der Waals surface area contributed by atoms with E-state index in [1.165, 1.54) is 0 Å². The Bertz CT molecular complexity index is 660. The maximum atomic E-state index is 13.3. The first-order valence-corrected chi connectivity index (χ1v) is 7.09. The molecule has 1 fully saturated rings. The lowest BCUT2D eigenvalue weighted by atomic mass is 10.0. The molecule has 0 heterocycles. The first kappa shape index (κ1) is 14.4. The molecule has 0 bridgehead atoms. The number of benzene rings is 2. The van der Waals surface area contributed by atoms with Crippen molar-refractivity contribution >= 4 is 11.6 Å². The van der Waals surface area contributed by atoms with Crippen molar-refractivity contribution in [2.75, 3.05) is 0 Å². The minimum Gasteiger partial charge on any atom is -0.310 e. The van der Waals surface area contributed by atoms with Crippen LogP contribution in [0.2, 0.25) is 5.02 Å². The fourth-order valence-corrected chi connectivity index (χ4v) is 2.34. The average molecular weight is 312 g/mol. The zero-order chi connectivity index (χ0) is 15.0. The van der Waals surface area contributed by atoms with Crippen LogP contribution in [0.4, 0.5) is 13.2 Å². The molecular formula is C16H13ClF3N. The molecule has 2 aromatic rings. The Morgan fingerprint density at radius 3 is 2.29 bits per heavy atom. The number of rotatable bonds is 4. The van der Waals surface area contributed by atoms with Crippen molar-refractivity contribution in [1.29, 1.82) is 0 Å². The summed E-state index contributed by atoms with van der Waals surface area (Å²) in [6.45, 7) is 0.601. The Morgan fingerprint density at radius 2 is 1.67 bits per heavy atom. The molecule has 110 valence electrons. The normalized spacial score (nSPS) is 14.5. The lowest BCUT2D eigenvalue weighted by Crippen LogP contribution is -2.15. The van der Waals surface area contributed by atoms with Gasteiger partial charge in [0.25, 0.3) is 0 Å². The zero-order valence-corrected chi connectivity index (χ0v) is 11.9. The van der Waals surface area contributed by atoms with Crippen LogP contribution >= 0.6 is 11.6 Å². The van der Waals surface area contributed by atoms with Gasteiger partial charge in [-0.1, -0.05) is 17.7 Å². The summed E-state index contributed by atoms with van der Waals surface area (Å²) in [5.74, 6) is -3.85. The number of hydrogen-bond acceptors (Lipinski definition) is 1. The van der Waals surface area contributed by atoms with Gasteiger partial charge in [0.2, 0.25) is 0 Å². The molecule has 1 N–H and O–H groups in total. The summed E-state index contributed by atoms with van der Waals surface area (Å²) in [6.07, 6.45) is 2.32. The third-order valence-electron chi connectivity index (χ3n) is 3.52. The zero-order valence-electron chi connectivity index (χ0n) is 11.1. The van der Waals surface area contributed by atoms with Crippen molar-refractivity contribution in [2.24, 2.45) is 0 Å². The highest BCUT2D eigenvalue weighted by Crippen LogP contribution is 2.28. The summed E-state index contributed by atoms with van der Waals surface area (Å²) in [6, 6.07) is 7.61. The molecule has 2 aromatic carbocycles. The number of halogens is 4. The highest BCUT2D eigenvalue weighted by molar-refractivity contribution is 6.31. The second kappa shape index (κ2) is 5.70. The summed E-state index contributed by atoms with van der Waals surface area (Å²) in [7, 11) is 0. The molecule has 0 aliphatic heterocycles. The van der Waals surface area contributed by atoms with E-state index < -0.39 is 17.5 Å². The monoisotopic (exact) mass is 311 g/mol. The van der Waals surface area contributed by atoms with Gasteiger partial charge >= 0.3 is 0 Å². The lowest BCUT2D eigenvalue weighted by molar-refractivity contribution is 0.447. The molecule has 3 rings (SSSR count). The van der Waals surface area contributed by atoms with Crippen LogP contribution in [0.3, 0.4) is 0 Å². The second-order valence-electron chi connectivity index (χ2n) is 5.22. The summed E-state index contributed by atoms with van der Waals surface area (Å²) in [4.78, 5) is 0. The average Bonchev–Trinajstić information content (AvgIpc) is 3.27. The molecule has 0 spiro atoms. The van der Waals surface area contributed by atoms with Crippen LogP contribution in [0.15, 0.2) is 30.3 Å². The van der Waals surface area contributed by atoms with Gasteiger partial charge in [-0.15, -0.1) is 0 Å². The van der Waals surface area contributed by atoms with E-state index in [9.17, 15) is 13.2 Å². The van der Waals surface area contributed by atoms with E-state index in [0.29, 0.717) is 23.2 Å². The minimum atomic E-state index is -1.46. The second-order valence-corrected chi connectivity index (χ2v) is 5.62. The van der Waals surface area contributed by atoms with Gasteiger partial charge in [-0.05, 0) is 53.8 Å². The molecule has 1 saturated carbocycles. The standard InChI is InChI=1S/C16H13ClF3N/c17-13-4-1-9(5-11(13)8-21-12-2-3-12)10-6-14(18)16(20)15(19)7-10/h1,4-7,12,21H,2-3,8H2. The Morgan fingerprint density at radius 1 is 1.00 bits per heavy atom. The molecule has 0 radical (unpaired) electrons. The minimum absolute atomic E-state index is 0.288. The SMILES string of the molecule is Fc1cc(-c2ccc(Cl)c(CNC3CC3)c2)cc(F)c1F. The predicted octanol–water partition coefficient (Wildman–Crippen LogP) is 4.68. The molecule has 0 saturated heterocycles. The molecule has 0 unspecified atom stereocenters. The fraction of sp³-hybridized carbons (Fsp3) is 0.250. The van der Waals surface area contributed by atoms with E-state index in [2.05, 4.69) is 5.32 Å². The van der Waals surface area contributed by atoms with E-state index >= 15 is 0 Å². The predicted molar refractivity (Wildman–Crippen MR) is 76.6 cm³/mol. The highest BCUT2D eigenvalue weighted by atomic mass is 35.5. The van der Waals surface area contributed by atoms with Crippen LogP contribution in [-0.4, -0.2) is 6.04 Å². The van der Waals surface area contributed by atoms with Crippen LogP contribution in [0.1, 0.15) is 18.4 Å². The molecular weight excluding hydrogens is 299 g/mol. The van der Waals surface area contributed by atoms with E-state index in [4.69, 9.17) is 11.6 Å². The lowest BCUT2D eigenvalue weighted by Gasteiger charge is -2.09. The number of nitrogens with one attached hydrogen (secondary N) is 1. The van der Waals surface area contributed by atoms with Gasteiger partial charge in [0.05, 0.1) is 0 Å². The summed E-state index contributed by atoms with van der Waals surface area (Å²) in [5, 5.41) is 3.92. The van der Waals surface area contributed by atoms with Gasteiger partial charge in [-0.2, -0.15) is 0 Å². The van der Waals surface area contributed by atoms with Crippen molar-refractivity contribution in [3.63, 3.8) is 0 Å².